The number of aliphatic hydroxyl groups excluding tert-OH is 1. The zero-order valence-electron chi connectivity index (χ0n) is 13.2. The van der Waals surface area contributed by atoms with Gasteiger partial charge in [-0.3, -0.25) is 4.79 Å². The number of aryl methyl sites for hydroxylation is 1. The second kappa shape index (κ2) is 6.84. The summed E-state index contributed by atoms with van der Waals surface area (Å²) in [6, 6.07) is 15.1. The topological polar surface area (TPSA) is 58.6 Å². The van der Waals surface area contributed by atoms with Crippen LogP contribution in [-0.2, 0) is 4.79 Å². The summed E-state index contributed by atoms with van der Waals surface area (Å²) in [7, 11) is 0. The Kier molecular flexibility index (Phi) is 4.63. The summed E-state index contributed by atoms with van der Waals surface area (Å²) in [6.45, 7) is 2.02. The van der Waals surface area contributed by atoms with Gasteiger partial charge in [-0.25, -0.2) is 0 Å². The molecule has 1 fully saturated rings. The van der Waals surface area contributed by atoms with Crippen LogP contribution in [0.25, 0.3) is 0 Å². The van der Waals surface area contributed by atoms with Crippen molar-refractivity contribution in [2.75, 3.05) is 5.32 Å². The van der Waals surface area contributed by atoms with E-state index in [0.717, 1.165) is 24.2 Å². The monoisotopic (exact) mass is 311 g/mol. The predicted molar refractivity (Wildman–Crippen MR) is 89.7 cm³/mol. The highest BCUT2D eigenvalue weighted by Gasteiger charge is 2.31. The van der Waals surface area contributed by atoms with Gasteiger partial charge in [0.2, 0.25) is 5.91 Å². The molecule has 4 heteroatoms. The fourth-order valence-electron chi connectivity index (χ4n) is 2.86. The molecule has 3 rings (SSSR count). The van der Waals surface area contributed by atoms with Gasteiger partial charge >= 0.3 is 0 Å². The summed E-state index contributed by atoms with van der Waals surface area (Å²) >= 11 is 0. The molecule has 2 aromatic rings. The van der Waals surface area contributed by atoms with E-state index in [1.807, 2.05) is 55.5 Å². The Bertz CT molecular complexity index is 681. The Balaban J connectivity index is 1.75. The molecule has 2 atom stereocenters. The Hall–Kier alpha value is -2.33. The molecule has 4 nitrogen and oxygen atoms in total. The maximum absolute atomic E-state index is 12.3. The van der Waals surface area contributed by atoms with Crippen LogP contribution in [0.4, 0.5) is 5.69 Å². The Morgan fingerprint density at radius 2 is 1.87 bits per heavy atom. The van der Waals surface area contributed by atoms with Crippen molar-refractivity contribution in [1.29, 1.82) is 0 Å². The SMILES string of the molecule is Cc1ccc(Oc2ccccc2NC(=O)C2CCCC2O)cc1. The van der Waals surface area contributed by atoms with Crippen LogP contribution in [0.1, 0.15) is 24.8 Å². The molecule has 1 aliphatic carbocycles. The highest BCUT2D eigenvalue weighted by molar-refractivity contribution is 5.94. The first-order chi connectivity index (χ1) is 11.1. The molecule has 120 valence electrons. The molecule has 2 aromatic carbocycles. The van der Waals surface area contributed by atoms with Gasteiger partial charge in [0.05, 0.1) is 17.7 Å². The van der Waals surface area contributed by atoms with Crippen LogP contribution in [0.15, 0.2) is 48.5 Å². The predicted octanol–water partition coefficient (Wildman–Crippen LogP) is 3.89. The number of carbonyl (C=O) groups is 1. The number of hydrogen-bond donors (Lipinski definition) is 2. The van der Waals surface area contributed by atoms with E-state index in [0.29, 0.717) is 17.9 Å². The van der Waals surface area contributed by atoms with Crippen molar-refractivity contribution in [2.24, 2.45) is 5.92 Å². The summed E-state index contributed by atoms with van der Waals surface area (Å²) in [4.78, 5) is 12.3. The van der Waals surface area contributed by atoms with Crippen LogP contribution < -0.4 is 10.1 Å². The van der Waals surface area contributed by atoms with Gasteiger partial charge in [-0.1, -0.05) is 29.8 Å². The summed E-state index contributed by atoms with van der Waals surface area (Å²) in [5.41, 5.74) is 1.78. The molecule has 0 aliphatic heterocycles. The van der Waals surface area contributed by atoms with Crippen molar-refractivity contribution in [3.05, 3.63) is 54.1 Å². The van der Waals surface area contributed by atoms with Gasteiger partial charge in [0.15, 0.2) is 5.75 Å². The quantitative estimate of drug-likeness (QED) is 0.900. The average Bonchev–Trinajstić information content (AvgIpc) is 2.97. The maximum atomic E-state index is 12.3. The van der Waals surface area contributed by atoms with E-state index in [-0.39, 0.29) is 11.8 Å². The van der Waals surface area contributed by atoms with Crippen LogP contribution in [0.5, 0.6) is 11.5 Å². The van der Waals surface area contributed by atoms with Gasteiger partial charge in [-0.05, 0) is 50.5 Å². The van der Waals surface area contributed by atoms with E-state index in [1.165, 1.54) is 0 Å². The van der Waals surface area contributed by atoms with E-state index < -0.39 is 6.10 Å². The number of aliphatic hydroxyl groups is 1. The normalized spacial score (nSPS) is 20.3. The maximum Gasteiger partial charge on any atom is 0.230 e. The van der Waals surface area contributed by atoms with Crippen molar-refractivity contribution < 1.29 is 14.6 Å². The van der Waals surface area contributed by atoms with E-state index in [2.05, 4.69) is 5.32 Å². The van der Waals surface area contributed by atoms with Gasteiger partial charge in [0.25, 0.3) is 0 Å². The second-order valence-electron chi connectivity index (χ2n) is 6.01. The summed E-state index contributed by atoms with van der Waals surface area (Å²) in [5, 5.41) is 12.8. The molecule has 2 N–H and O–H groups in total. The molecule has 0 bridgehead atoms. The molecule has 2 unspecified atom stereocenters. The first kappa shape index (κ1) is 15.6. The first-order valence-corrected chi connectivity index (χ1v) is 7.96. The van der Waals surface area contributed by atoms with E-state index >= 15 is 0 Å². The number of anilines is 1. The number of benzene rings is 2. The first-order valence-electron chi connectivity index (χ1n) is 7.96. The van der Waals surface area contributed by atoms with E-state index in [1.54, 1.807) is 0 Å². The summed E-state index contributed by atoms with van der Waals surface area (Å²) in [5.74, 6) is 0.841. The largest absolute Gasteiger partial charge is 0.455 e. The fourth-order valence-corrected chi connectivity index (χ4v) is 2.86. The molecule has 1 amide bonds. The minimum atomic E-state index is -0.542. The summed E-state index contributed by atoms with van der Waals surface area (Å²) < 4.78 is 5.88. The Labute approximate surface area is 136 Å². The number of amides is 1. The molecule has 0 radical (unpaired) electrons. The van der Waals surface area contributed by atoms with Gasteiger partial charge in [-0.2, -0.15) is 0 Å². The molecular formula is C19H21NO3. The van der Waals surface area contributed by atoms with Crippen molar-refractivity contribution in [3.63, 3.8) is 0 Å². The third-order valence-electron chi connectivity index (χ3n) is 4.21. The van der Waals surface area contributed by atoms with Crippen molar-refractivity contribution in [2.45, 2.75) is 32.3 Å². The lowest BCUT2D eigenvalue weighted by Crippen LogP contribution is -2.28. The van der Waals surface area contributed by atoms with Crippen LogP contribution >= 0.6 is 0 Å². The van der Waals surface area contributed by atoms with Gasteiger partial charge in [0.1, 0.15) is 5.75 Å². The lowest BCUT2D eigenvalue weighted by molar-refractivity contribution is -0.122. The number of para-hydroxylation sites is 2. The highest BCUT2D eigenvalue weighted by atomic mass is 16.5. The van der Waals surface area contributed by atoms with Crippen molar-refractivity contribution in [1.82, 2.24) is 0 Å². The van der Waals surface area contributed by atoms with E-state index in [9.17, 15) is 9.90 Å². The molecule has 23 heavy (non-hydrogen) atoms. The minimum Gasteiger partial charge on any atom is -0.455 e. The highest BCUT2D eigenvalue weighted by Crippen LogP contribution is 2.32. The van der Waals surface area contributed by atoms with Crippen LogP contribution in [0.3, 0.4) is 0 Å². The fraction of sp³-hybridized carbons (Fsp3) is 0.316. The number of carbonyl (C=O) groups excluding carboxylic acids is 1. The second-order valence-corrected chi connectivity index (χ2v) is 6.01. The molecule has 0 saturated heterocycles. The summed E-state index contributed by atoms with van der Waals surface area (Å²) in [6.07, 6.45) is 1.77. The lowest BCUT2D eigenvalue weighted by Gasteiger charge is -2.16. The third-order valence-corrected chi connectivity index (χ3v) is 4.21. The Morgan fingerprint density at radius 1 is 1.13 bits per heavy atom. The smallest absolute Gasteiger partial charge is 0.230 e. The van der Waals surface area contributed by atoms with Gasteiger partial charge in [0, 0.05) is 0 Å². The van der Waals surface area contributed by atoms with Gasteiger partial charge < -0.3 is 15.2 Å². The van der Waals surface area contributed by atoms with E-state index in [4.69, 9.17) is 4.74 Å². The molecular weight excluding hydrogens is 290 g/mol. The molecule has 0 spiro atoms. The zero-order chi connectivity index (χ0) is 16.2. The number of nitrogens with one attached hydrogen (secondary N) is 1. The molecule has 1 saturated carbocycles. The minimum absolute atomic E-state index is 0.144. The number of rotatable bonds is 4. The van der Waals surface area contributed by atoms with Crippen LogP contribution in [0, 0.1) is 12.8 Å². The van der Waals surface area contributed by atoms with Crippen LogP contribution in [0.2, 0.25) is 0 Å². The number of ether oxygens (including phenoxy) is 1. The standard InChI is InChI=1S/C19H21NO3/c1-13-9-11-14(12-10-13)23-18-8-3-2-6-16(18)20-19(22)15-5-4-7-17(15)21/h2-3,6,8-12,15,17,21H,4-5,7H2,1H3,(H,20,22). The molecule has 0 aromatic heterocycles. The Morgan fingerprint density at radius 3 is 2.57 bits per heavy atom. The average molecular weight is 311 g/mol. The molecule has 1 aliphatic rings. The van der Waals surface area contributed by atoms with Crippen molar-refractivity contribution >= 4 is 11.6 Å². The third kappa shape index (κ3) is 3.71. The van der Waals surface area contributed by atoms with Crippen molar-refractivity contribution in [3.8, 4) is 11.5 Å². The zero-order valence-corrected chi connectivity index (χ0v) is 13.2. The van der Waals surface area contributed by atoms with Crippen LogP contribution in [-0.4, -0.2) is 17.1 Å². The number of hydrogen-bond acceptors (Lipinski definition) is 3. The lowest BCUT2D eigenvalue weighted by atomic mass is 10.1. The molecule has 0 heterocycles. The van der Waals surface area contributed by atoms with Gasteiger partial charge in [-0.15, -0.1) is 0 Å².